The Hall–Kier alpha value is -3.39. The average molecular weight is 423 g/mol. The molecule has 1 fully saturated rings. The lowest BCUT2D eigenvalue weighted by Crippen LogP contribution is -2.48. The van der Waals surface area contributed by atoms with Crippen molar-refractivity contribution in [2.45, 2.75) is 12.5 Å². The quantitative estimate of drug-likeness (QED) is 0.690. The highest BCUT2D eigenvalue weighted by Gasteiger charge is 2.40. The van der Waals surface area contributed by atoms with Crippen LogP contribution in [-0.4, -0.2) is 47.2 Å². The van der Waals surface area contributed by atoms with Gasteiger partial charge in [0.2, 0.25) is 5.88 Å². The Labute approximate surface area is 178 Å². The summed E-state index contributed by atoms with van der Waals surface area (Å²) >= 11 is 6.15. The number of rotatable bonds is 3. The number of carbonyl (C=O) groups excluding carboxylic acids is 1. The minimum absolute atomic E-state index is 0.0471. The fourth-order valence-electron chi connectivity index (χ4n) is 3.94. The van der Waals surface area contributed by atoms with Gasteiger partial charge >= 0.3 is 6.03 Å². The zero-order valence-electron chi connectivity index (χ0n) is 16.2. The predicted octanol–water partition coefficient (Wildman–Crippen LogP) is 3.83. The highest BCUT2D eigenvalue weighted by atomic mass is 35.5. The number of nitrogens with zero attached hydrogens (tertiary/aromatic N) is 5. The summed E-state index contributed by atoms with van der Waals surface area (Å²) in [5.74, 6) is 1.38. The zero-order chi connectivity index (χ0) is 20.7. The largest absolute Gasteiger partial charge is 0.480 e. The number of aromatic nitrogens is 3. The van der Waals surface area contributed by atoms with Crippen molar-refractivity contribution in [3.05, 3.63) is 53.8 Å². The van der Waals surface area contributed by atoms with E-state index in [2.05, 4.69) is 20.2 Å². The standard InChI is InChI=1S/C21H19ClN6O2/c1-30-19-11-23-18(10-24-19)26-21(29)28-15-7-8-27(12-15)17-6-5-16(25-20(17)28)13-3-2-4-14(22)9-13/h2-6,9-11,15H,7-8,12H2,1H3,(H,23,26,29)/t15-/m0/s1. The van der Waals surface area contributed by atoms with Crippen LogP contribution in [0.25, 0.3) is 11.3 Å². The number of halogens is 1. The van der Waals surface area contributed by atoms with E-state index >= 15 is 0 Å². The van der Waals surface area contributed by atoms with Gasteiger partial charge in [-0.1, -0.05) is 23.7 Å². The van der Waals surface area contributed by atoms with Gasteiger partial charge in [0, 0.05) is 23.7 Å². The van der Waals surface area contributed by atoms with Crippen molar-refractivity contribution in [1.82, 2.24) is 15.0 Å². The number of ether oxygens (including phenoxy) is 1. The fourth-order valence-corrected chi connectivity index (χ4v) is 4.13. The number of carbonyl (C=O) groups is 1. The van der Waals surface area contributed by atoms with E-state index < -0.39 is 0 Å². The van der Waals surface area contributed by atoms with Crippen molar-refractivity contribution < 1.29 is 9.53 Å². The van der Waals surface area contributed by atoms with E-state index in [0.29, 0.717) is 22.5 Å². The molecule has 0 aliphatic carbocycles. The Morgan fingerprint density at radius 1 is 1.23 bits per heavy atom. The first-order valence-corrected chi connectivity index (χ1v) is 9.98. The summed E-state index contributed by atoms with van der Waals surface area (Å²) in [6, 6.07) is 11.3. The van der Waals surface area contributed by atoms with Crippen molar-refractivity contribution in [3.8, 4) is 17.1 Å². The van der Waals surface area contributed by atoms with Crippen LogP contribution in [0.15, 0.2) is 48.8 Å². The van der Waals surface area contributed by atoms with Gasteiger partial charge in [0.15, 0.2) is 11.6 Å². The number of hydrogen-bond acceptors (Lipinski definition) is 6. The number of pyridine rings is 1. The van der Waals surface area contributed by atoms with Crippen LogP contribution in [0, 0.1) is 0 Å². The number of amides is 2. The van der Waals surface area contributed by atoms with E-state index in [-0.39, 0.29) is 12.1 Å². The summed E-state index contributed by atoms with van der Waals surface area (Å²) in [4.78, 5) is 30.3. The van der Waals surface area contributed by atoms with Crippen molar-refractivity contribution in [1.29, 1.82) is 0 Å². The molecule has 2 aromatic heterocycles. The number of fused-ring (bicyclic) bond motifs is 4. The van der Waals surface area contributed by atoms with Crippen LogP contribution in [0.2, 0.25) is 5.02 Å². The summed E-state index contributed by atoms with van der Waals surface area (Å²) < 4.78 is 5.02. The Morgan fingerprint density at radius 2 is 2.13 bits per heavy atom. The highest BCUT2D eigenvalue weighted by molar-refractivity contribution is 6.30. The second-order valence-corrected chi connectivity index (χ2v) is 7.62. The van der Waals surface area contributed by atoms with E-state index in [1.54, 1.807) is 4.90 Å². The van der Waals surface area contributed by atoms with Gasteiger partial charge in [0.25, 0.3) is 0 Å². The summed E-state index contributed by atoms with van der Waals surface area (Å²) in [7, 11) is 1.52. The molecule has 30 heavy (non-hydrogen) atoms. The van der Waals surface area contributed by atoms with Crippen LogP contribution >= 0.6 is 11.6 Å². The van der Waals surface area contributed by atoms with Crippen LogP contribution in [-0.2, 0) is 0 Å². The molecule has 0 spiro atoms. The maximum Gasteiger partial charge on any atom is 0.329 e. The molecule has 1 N–H and O–H groups in total. The van der Waals surface area contributed by atoms with Gasteiger partial charge in [-0.05, 0) is 30.7 Å². The summed E-state index contributed by atoms with van der Waals surface area (Å²) in [5, 5.41) is 3.48. The van der Waals surface area contributed by atoms with E-state index in [1.165, 1.54) is 19.5 Å². The molecular formula is C21H19ClN6O2. The van der Waals surface area contributed by atoms with Crippen LogP contribution in [0.4, 0.5) is 22.1 Å². The first kappa shape index (κ1) is 18.6. The first-order valence-electron chi connectivity index (χ1n) is 9.60. The van der Waals surface area contributed by atoms with Gasteiger partial charge in [-0.3, -0.25) is 10.2 Å². The van der Waals surface area contributed by atoms with E-state index in [0.717, 1.165) is 36.5 Å². The molecule has 2 amide bonds. The van der Waals surface area contributed by atoms with Gasteiger partial charge in [-0.15, -0.1) is 0 Å². The van der Waals surface area contributed by atoms with Gasteiger partial charge in [0.1, 0.15) is 0 Å². The summed E-state index contributed by atoms with van der Waals surface area (Å²) in [6.45, 7) is 1.68. The molecular weight excluding hydrogens is 404 g/mol. The van der Waals surface area contributed by atoms with Crippen molar-refractivity contribution in [3.63, 3.8) is 0 Å². The zero-order valence-corrected chi connectivity index (χ0v) is 17.0. The van der Waals surface area contributed by atoms with E-state index in [4.69, 9.17) is 21.3 Å². The molecule has 5 rings (SSSR count). The molecule has 0 saturated carbocycles. The topological polar surface area (TPSA) is 83.5 Å². The van der Waals surface area contributed by atoms with Crippen molar-refractivity contribution in [2.75, 3.05) is 35.3 Å². The third-order valence-electron chi connectivity index (χ3n) is 5.36. The lowest BCUT2D eigenvalue weighted by Gasteiger charge is -2.35. The molecule has 0 unspecified atom stereocenters. The van der Waals surface area contributed by atoms with Crippen LogP contribution in [0.3, 0.4) is 0 Å². The minimum Gasteiger partial charge on any atom is -0.480 e. The molecule has 2 aliphatic heterocycles. The maximum absolute atomic E-state index is 13.2. The molecule has 152 valence electrons. The molecule has 1 saturated heterocycles. The van der Waals surface area contributed by atoms with Gasteiger partial charge in [-0.25, -0.2) is 19.7 Å². The lowest BCUT2D eigenvalue weighted by atomic mass is 10.1. The van der Waals surface area contributed by atoms with Crippen LogP contribution in [0.1, 0.15) is 6.42 Å². The van der Waals surface area contributed by atoms with Crippen molar-refractivity contribution >= 4 is 35.0 Å². The van der Waals surface area contributed by atoms with Gasteiger partial charge < -0.3 is 9.64 Å². The monoisotopic (exact) mass is 422 g/mol. The number of urea groups is 1. The SMILES string of the molecule is COc1cnc(NC(=O)N2c3nc(-c4cccc(Cl)c4)ccc3N3CC[C@H]2C3)cn1. The molecule has 2 aliphatic rings. The Morgan fingerprint density at radius 3 is 2.90 bits per heavy atom. The molecule has 0 radical (unpaired) electrons. The molecule has 4 heterocycles. The van der Waals surface area contributed by atoms with Crippen LogP contribution < -0.4 is 19.9 Å². The predicted molar refractivity (Wildman–Crippen MR) is 115 cm³/mol. The molecule has 1 aromatic carbocycles. The minimum atomic E-state index is -0.280. The van der Waals surface area contributed by atoms with E-state index in [9.17, 15) is 4.79 Å². The lowest BCUT2D eigenvalue weighted by molar-refractivity contribution is 0.254. The fraction of sp³-hybridized carbons (Fsp3) is 0.238. The first-order chi connectivity index (χ1) is 14.6. The number of nitrogens with one attached hydrogen (secondary N) is 1. The van der Waals surface area contributed by atoms with Crippen molar-refractivity contribution in [2.24, 2.45) is 0 Å². The molecule has 1 atom stereocenters. The summed E-state index contributed by atoms with van der Waals surface area (Å²) in [6.07, 6.45) is 3.81. The number of methoxy groups -OCH3 is 1. The van der Waals surface area contributed by atoms with E-state index in [1.807, 2.05) is 36.4 Å². The van der Waals surface area contributed by atoms with Gasteiger partial charge in [0.05, 0.1) is 36.9 Å². The third kappa shape index (κ3) is 3.29. The summed E-state index contributed by atoms with van der Waals surface area (Å²) in [5.41, 5.74) is 2.62. The second-order valence-electron chi connectivity index (χ2n) is 7.18. The van der Waals surface area contributed by atoms with Crippen LogP contribution in [0.5, 0.6) is 5.88 Å². The normalized spacial score (nSPS) is 16.9. The third-order valence-corrected chi connectivity index (χ3v) is 5.60. The van der Waals surface area contributed by atoms with Gasteiger partial charge in [-0.2, -0.15) is 0 Å². The number of hydrogen-bond donors (Lipinski definition) is 1. The second kappa shape index (κ2) is 7.46. The molecule has 2 bridgehead atoms. The average Bonchev–Trinajstić information content (AvgIpc) is 3.18. The highest BCUT2D eigenvalue weighted by Crippen LogP contribution is 2.40. The molecule has 8 nitrogen and oxygen atoms in total. The number of anilines is 3. The molecule has 9 heteroatoms. The number of benzene rings is 1. The Kier molecular flexibility index (Phi) is 4.63. The molecule has 3 aromatic rings. The Balaban J connectivity index is 1.50. The smallest absolute Gasteiger partial charge is 0.329 e. The Bertz CT molecular complexity index is 1110. The maximum atomic E-state index is 13.2.